The van der Waals surface area contributed by atoms with Gasteiger partial charge in [0.2, 0.25) is 0 Å². The molecule has 2 amide bonds. The predicted molar refractivity (Wildman–Crippen MR) is 115 cm³/mol. The standard InChI is InChI=1S/C23H29N3O5/c1-16(27)21(23(29)25-30)24-22(28)20-8-6-18(7-9-20)14-17-2-4-19(5-3-17)15-26-10-12-31-13-11-26/h2-9,16,21,27,30H,10-15H2,1H3,(H,24,28)(H,25,29)/t16-,21+/m1/s1. The predicted octanol–water partition coefficient (Wildman–Crippen LogP) is 1.09. The molecule has 3 rings (SSSR count). The molecule has 8 nitrogen and oxygen atoms in total. The fourth-order valence-corrected chi connectivity index (χ4v) is 3.49. The number of benzene rings is 2. The third kappa shape index (κ3) is 6.60. The first-order chi connectivity index (χ1) is 15.0. The normalized spacial score (nSPS) is 16.4. The summed E-state index contributed by atoms with van der Waals surface area (Å²) in [6.45, 7) is 5.79. The first-order valence-corrected chi connectivity index (χ1v) is 10.4. The lowest BCUT2D eigenvalue weighted by molar-refractivity contribution is -0.133. The molecule has 2 aromatic rings. The summed E-state index contributed by atoms with van der Waals surface area (Å²) in [5.41, 5.74) is 5.31. The molecule has 166 valence electrons. The van der Waals surface area contributed by atoms with Gasteiger partial charge in [-0.2, -0.15) is 0 Å². The van der Waals surface area contributed by atoms with E-state index in [0.29, 0.717) is 5.56 Å². The topological polar surface area (TPSA) is 111 Å². The molecule has 2 aromatic carbocycles. The van der Waals surface area contributed by atoms with Crippen LogP contribution in [0, 0.1) is 0 Å². The van der Waals surface area contributed by atoms with E-state index >= 15 is 0 Å². The Kier molecular flexibility index (Phi) is 8.13. The largest absolute Gasteiger partial charge is 0.391 e. The zero-order valence-corrected chi connectivity index (χ0v) is 17.6. The summed E-state index contributed by atoms with van der Waals surface area (Å²) in [5, 5.41) is 20.8. The van der Waals surface area contributed by atoms with E-state index in [1.807, 2.05) is 12.1 Å². The highest BCUT2D eigenvalue weighted by Gasteiger charge is 2.25. The van der Waals surface area contributed by atoms with Gasteiger partial charge in [0.15, 0.2) is 0 Å². The second-order valence-electron chi connectivity index (χ2n) is 7.75. The molecule has 0 aliphatic carbocycles. The van der Waals surface area contributed by atoms with Crippen molar-refractivity contribution in [3.8, 4) is 0 Å². The van der Waals surface area contributed by atoms with Crippen LogP contribution in [-0.2, 0) is 22.5 Å². The molecule has 1 fully saturated rings. The monoisotopic (exact) mass is 427 g/mol. The van der Waals surface area contributed by atoms with Gasteiger partial charge in [0.25, 0.3) is 11.8 Å². The molecule has 0 unspecified atom stereocenters. The number of ether oxygens (including phenoxy) is 1. The van der Waals surface area contributed by atoms with Gasteiger partial charge in [0.05, 0.1) is 19.3 Å². The molecular formula is C23H29N3O5. The fourth-order valence-electron chi connectivity index (χ4n) is 3.49. The van der Waals surface area contributed by atoms with Crippen molar-refractivity contribution in [3.63, 3.8) is 0 Å². The van der Waals surface area contributed by atoms with Crippen LogP contribution in [0.5, 0.6) is 0 Å². The van der Waals surface area contributed by atoms with E-state index in [2.05, 4.69) is 34.5 Å². The molecule has 1 aliphatic heterocycles. The number of carbonyl (C=O) groups is 2. The molecule has 8 heteroatoms. The highest BCUT2D eigenvalue weighted by atomic mass is 16.5. The van der Waals surface area contributed by atoms with Crippen LogP contribution < -0.4 is 10.8 Å². The van der Waals surface area contributed by atoms with Crippen LogP contribution in [0.4, 0.5) is 0 Å². The van der Waals surface area contributed by atoms with Crippen molar-refractivity contribution in [3.05, 3.63) is 70.8 Å². The summed E-state index contributed by atoms with van der Waals surface area (Å²) in [6, 6.07) is 14.4. The number of hydrogen-bond acceptors (Lipinski definition) is 6. The van der Waals surface area contributed by atoms with Crippen LogP contribution in [0.3, 0.4) is 0 Å². The quantitative estimate of drug-likeness (QED) is 0.371. The summed E-state index contributed by atoms with van der Waals surface area (Å²) in [7, 11) is 0. The average Bonchev–Trinajstić information content (AvgIpc) is 2.79. The highest BCUT2D eigenvalue weighted by molar-refractivity contribution is 5.97. The van der Waals surface area contributed by atoms with E-state index in [4.69, 9.17) is 9.94 Å². The molecule has 0 radical (unpaired) electrons. The van der Waals surface area contributed by atoms with E-state index in [0.717, 1.165) is 44.8 Å². The Morgan fingerprint density at radius 3 is 2.10 bits per heavy atom. The Morgan fingerprint density at radius 2 is 1.55 bits per heavy atom. The molecule has 31 heavy (non-hydrogen) atoms. The molecule has 0 spiro atoms. The van der Waals surface area contributed by atoms with Crippen molar-refractivity contribution in [2.75, 3.05) is 26.3 Å². The third-order valence-corrected chi connectivity index (χ3v) is 5.32. The number of nitrogens with zero attached hydrogens (tertiary/aromatic N) is 1. The molecule has 2 atom stereocenters. The number of aliphatic hydroxyl groups is 1. The Bertz CT molecular complexity index is 862. The van der Waals surface area contributed by atoms with Crippen LogP contribution in [0.1, 0.15) is 34.0 Å². The number of hydroxylamine groups is 1. The molecular weight excluding hydrogens is 398 g/mol. The van der Waals surface area contributed by atoms with Crippen LogP contribution >= 0.6 is 0 Å². The minimum atomic E-state index is -1.24. The fraction of sp³-hybridized carbons (Fsp3) is 0.391. The first-order valence-electron chi connectivity index (χ1n) is 10.4. The van der Waals surface area contributed by atoms with Crippen LogP contribution in [-0.4, -0.2) is 65.5 Å². The van der Waals surface area contributed by atoms with Gasteiger partial charge in [-0.15, -0.1) is 0 Å². The minimum Gasteiger partial charge on any atom is -0.391 e. The van der Waals surface area contributed by atoms with Gasteiger partial charge in [-0.25, -0.2) is 5.48 Å². The number of amides is 2. The third-order valence-electron chi connectivity index (χ3n) is 5.32. The summed E-state index contributed by atoms with van der Waals surface area (Å²) >= 11 is 0. The summed E-state index contributed by atoms with van der Waals surface area (Å²) < 4.78 is 5.39. The summed E-state index contributed by atoms with van der Waals surface area (Å²) in [6.07, 6.45) is -0.412. The van der Waals surface area contributed by atoms with Crippen molar-refractivity contribution in [2.45, 2.75) is 32.0 Å². The Hall–Kier alpha value is -2.78. The van der Waals surface area contributed by atoms with Gasteiger partial charge in [-0.1, -0.05) is 36.4 Å². The van der Waals surface area contributed by atoms with Crippen molar-refractivity contribution in [2.24, 2.45) is 0 Å². The molecule has 1 heterocycles. The molecule has 1 saturated heterocycles. The maximum absolute atomic E-state index is 12.4. The molecule has 1 aliphatic rings. The van der Waals surface area contributed by atoms with Crippen molar-refractivity contribution < 1.29 is 24.6 Å². The van der Waals surface area contributed by atoms with E-state index < -0.39 is 24.0 Å². The second kappa shape index (κ2) is 11.0. The van der Waals surface area contributed by atoms with Crippen molar-refractivity contribution in [1.29, 1.82) is 0 Å². The maximum Gasteiger partial charge on any atom is 0.268 e. The Balaban J connectivity index is 1.56. The van der Waals surface area contributed by atoms with E-state index in [1.54, 1.807) is 12.1 Å². The zero-order valence-electron chi connectivity index (χ0n) is 17.6. The molecule has 0 aromatic heterocycles. The maximum atomic E-state index is 12.4. The van der Waals surface area contributed by atoms with Crippen molar-refractivity contribution in [1.82, 2.24) is 15.7 Å². The smallest absolute Gasteiger partial charge is 0.268 e. The van der Waals surface area contributed by atoms with Gasteiger partial charge in [-0.3, -0.25) is 19.7 Å². The van der Waals surface area contributed by atoms with Gasteiger partial charge >= 0.3 is 0 Å². The van der Waals surface area contributed by atoms with Crippen LogP contribution in [0.25, 0.3) is 0 Å². The number of morpholine rings is 1. The lowest BCUT2D eigenvalue weighted by Crippen LogP contribution is -2.51. The zero-order chi connectivity index (χ0) is 22.2. The van der Waals surface area contributed by atoms with E-state index in [9.17, 15) is 14.7 Å². The van der Waals surface area contributed by atoms with E-state index in [-0.39, 0.29) is 0 Å². The van der Waals surface area contributed by atoms with E-state index in [1.165, 1.54) is 23.5 Å². The highest BCUT2D eigenvalue weighted by Crippen LogP contribution is 2.14. The number of aliphatic hydroxyl groups excluding tert-OH is 1. The van der Waals surface area contributed by atoms with Gasteiger partial charge in [-0.05, 0) is 42.2 Å². The van der Waals surface area contributed by atoms with Gasteiger partial charge in [0.1, 0.15) is 6.04 Å². The van der Waals surface area contributed by atoms with Gasteiger partial charge < -0.3 is 15.2 Å². The second-order valence-corrected chi connectivity index (χ2v) is 7.75. The Morgan fingerprint density at radius 1 is 1.00 bits per heavy atom. The SMILES string of the molecule is C[C@@H](O)[C@H](NC(=O)c1ccc(Cc2ccc(CN3CCOCC3)cc2)cc1)C(=O)NO. The van der Waals surface area contributed by atoms with Crippen LogP contribution in [0.2, 0.25) is 0 Å². The molecule has 0 saturated carbocycles. The summed E-state index contributed by atoms with van der Waals surface area (Å²) in [5.74, 6) is -1.38. The van der Waals surface area contributed by atoms with Gasteiger partial charge in [0, 0.05) is 25.2 Å². The number of nitrogens with one attached hydrogen (secondary N) is 2. The Labute approximate surface area is 181 Å². The summed E-state index contributed by atoms with van der Waals surface area (Å²) in [4.78, 5) is 26.3. The first kappa shape index (κ1) is 22.9. The molecule has 0 bridgehead atoms. The lowest BCUT2D eigenvalue weighted by atomic mass is 10.0. The van der Waals surface area contributed by atoms with Crippen molar-refractivity contribution >= 4 is 11.8 Å². The number of rotatable bonds is 8. The average molecular weight is 428 g/mol. The molecule has 4 N–H and O–H groups in total. The number of carbonyl (C=O) groups excluding carboxylic acids is 2. The van der Waals surface area contributed by atoms with Crippen LogP contribution in [0.15, 0.2) is 48.5 Å². The minimum absolute atomic E-state index is 0.362. The lowest BCUT2D eigenvalue weighted by Gasteiger charge is -2.26. The number of hydrogen-bond donors (Lipinski definition) is 4.